The van der Waals surface area contributed by atoms with Crippen molar-refractivity contribution in [2.45, 2.75) is 18.3 Å². The maximum absolute atomic E-state index is 13.3. The molecule has 0 aliphatic heterocycles. The number of carboxylic acid groups (broad SMARTS) is 1. The number of halogens is 2. The fourth-order valence-corrected chi connectivity index (χ4v) is 4.22. The zero-order chi connectivity index (χ0) is 22.9. The molecule has 2 amide bonds. The van der Waals surface area contributed by atoms with Gasteiger partial charge in [0.15, 0.2) is 0 Å². The summed E-state index contributed by atoms with van der Waals surface area (Å²) in [7, 11) is 0. The molecule has 0 aromatic heterocycles. The van der Waals surface area contributed by atoms with Gasteiger partial charge in [-0.1, -0.05) is 48.5 Å². The van der Waals surface area contributed by atoms with Gasteiger partial charge in [-0.25, -0.2) is 13.6 Å². The summed E-state index contributed by atoms with van der Waals surface area (Å²) in [6.07, 6.45) is -0.820. The van der Waals surface area contributed by atoms with Crippen LogP contribution < -0.4 is 10.6 Å². The highest BCUT2D eigenvalue weighted by Gasteiger charge is 2.72. The number of rotatable bonds is 8. The van der Waals surface area contributed by atoms with Crippen molar-refractivity contribution in [3.05, 3.63) is 59.7 Å². The van der Waals surface area contributed by atoms with Crippen LogP contribution in [0.5, 0.6) is 0 Å². The van der Waals surface area contributed by atoms with E-state index in [9.17, 15) is 23.2 Å². The number of carboxylic acids is 1. The van der Waals surface area contributed by atoms with E-state index in [0.717, 1.165) is 22.3 Å². The molecule has 2 aliphatic carbocycles. The summed E-state index contributed by atoms with van der Waals surface area (Å²) >= 11 is 0. The minimum atomic E-state index is -3.31. The number of nitrogens with one attached hydrogen (secondary N) is 2. The van der Waals surface area contributed by atoms with Crippen LogP contribution >= 0.6 is 0 Å². The number of hydrogen-bond acceptors (Lipinski definition) is 4. The van der Waals surface area contributed by atoms with Crippen molar-refractivity contribution < 1.29 is 33.0 Å². The molecule has 168 valence electrons. The fourth-order valence-electron chi connectivity index (χ4n) is 4.22. The Morgan fingerprint density at radius 3 is 2.12 bits per heavy atom. The lowest BCUT2D eigenvalue weighted by atomic mass is 9.98. The molecule has 9 heteroatoms. The van der Waals surface area contributed by atoms with Crippen LogP contribution in [-0.4, -0.2) is 48.7 Å². The van der Waals surface area contributed by atoms with Gasteiger partial charge in [-0.15, -0.1) is 0 Å². The first kappa shape index (κ1) is 21.7. The predicted octanol–water partition coefficient (Wildman–Crippen LogP) is 3.00. The van der Waals surface area contributed by atoms with Crippen LogP contribution in [-0.2, 0) is 14.3 Å². The summed E-state index contributed by atoms with van der Waals surface area (Å²) in [6, 6.07) is 15.9. The van der Waals surface area contributed by atoms with E-state index < -0.39 is 42.3 Å². The molecule has 1 fully saturated rings. The van der Waals surface area contributed by atoms with Crippen molar-refractivity contribution in [2.24, 2.45) is 11.8 Å². The lowest BCUT2D eigenvalue weighted by molar-refractivity contribution is -0.141. The van der Waals surface area contributed by atoms with Crippen molar-refractivity contribution in [3.63, 3.8) is 0 Å². The van der Waals surface area contributed by atoms with Gasteiger partial charge < -0.3 is 20.5 Å². The summed E-state index contributed by atoms with van der Waals surface area (Å²) in [5, 5.41) is 13.5. The maximum atomic E-state index is 13.3. The van der Waals surface area contributed by atoms with Crippen molar-refractivity contribution in [1.29, 1.82) is 0 Å². The molecule has 2 aliphatic rings. The summed E-state index contributed by atoms with van der Waals surface area (Å²) in [4.78, 5) is 34.6. The number of alkyl halides is 2. The molecule has 2 atom stereocenters. The fraction of sp³-hybridized carbons (Fsp3) is 0.348. The number of amides is 2. The summed E-state index contributed by atoms with van der Waals surface area (Å²) in [5.41, 5.74) is 4.38. The average molecular weight is 444 g/mol. The lowest BCUT2D eigenvalue weighted by Crippen LogP contribution is -2.33. The van der Waals surface area contributed by atoms with Crippen molar-refractivity contribution >= 4 is 18.0 Å². The summed E-state index contributed by atoms with van der Waals surface area (Å²) in [5.74, 6) is -8.69. The molecular formula is C23H22F2N2O5. The van der Waals surface area contributed by atoms with Gasteiger partial charge in [0.05, 0.1) is 5.92 Å². The van der Waals surface area contributed by atoms with Gasteiger partial charge in [-0.2, -0.15) is 0 Å². The van der Waals surface area contributed by atoms with E-state index in [1.165, 1.54) is 0 Å². The average Bonchev–Trinajstić information content (AvgIpc) is 3.18. The molecule has 0 saturated heterocycles. The Bertz CT molecular complexity index is 1010. The zero-order valence-corrected chi connectivity index (χ0v) is 17.0. The molecule has 0 spiro atoms. The van der Waals surface area contributed by atoms with E-state index in [2.05, 4.69) is 10.6 Å². The van der Waals surface area contributed by atoms with Gasteiger partial charge in [0, 0.05) is 25.4 Å². The minimum absolute atomic E-state index is 0.0358. The molecule has 0 unspecified atom stereocenters. The molecular weight excluding hydrogens is 422 g/mol. The van der Waals surface area contributed by atoms with E-state index in [1.54, 1.807) is 0 Å². The Hall–Kier alpha value is -3.49. The van der Waals surface area contributed by atoms with E-state index >= 15 is 0 Å². The van der Waals surface area contributed by atoms with E-state index in [0.29, 0.717) is 0 Å². The Morgan fingerprint density at radius 2 is 1.56 bits per heavy atom. The molecule has 0 bridgehead atoms. The van der Waals surface area contributed by atoms with Crippen LogP contribution in [0.3, 0.4) is 0 Å². The van der Waals surface area contributed by atoms with Gasteiger partial charge in [0.1, 0.15) is 12.5 Å². The van der Waals surface area contributed by atoms with Gasteiger partial charge in [-0.05, 0) is 22.3 Å². The van der Waals surface area contributed by atoms with Crippen LogP contribution in [0.1, 0.15) is 23.5 Å². The first-order chi connectivity index (χ1) is 15.3. The first-order valence-electron chi connectivity index (χ1n) is 10.3. The van der Waals surface area contributed by atoms with E-state index in [1.807, 2.05) is 48.5 Å². The number of carbonyl (C=O) groups is 3. The number of fused-ring (bicyclic) bond motifs is 3. The van der Waals surface area contributed by atoms with Gasteiger partial charge in [0.2, 0.25) is 5.91 Å². The molecule has 32 heavy (non-hydrogen) atoms. The Morgan fingerprint density at radius 1 is 0.969 bits per heavy atom. The van der Waals surface area contributed by atoms with E-state index in [4.69, 9.17) is 9.84 Å². The predicted molar refractivity (Wildman–Crippen MR) is 110 cm³/mol. The highest BCUT2D eigenvalue weighted by Crippen LogP contribution is 2.54. The number of benzene rings is 2. The largest absolute Gasteiger partial charge is 0.481 e. The quantitative estimate of drug-likeness (QED) is 0.581. The second-order valence-corrected chi connectivity index (χ2v) is 7.90. The van der Waals surface area contributed by atoms with E-state index in [-0.39, 0.29) is 25.5 Å². The SMILES string of the molecule is O=C(CCNC(=O)OCC1c2ccccc2-c2ccccc21)NC[C@H]1[C@@H](C(=O)O)C1(F)F. The van der Waals surface area contributed by atoms with Crippen LogP contribution in [0.15, 0.2) is 48.5 Å². The number of carbonyl (C=O) groups excluding carboxylic acids is 2. The highest BCUT2D eigenvalue weighted by molar-refractivity contribution is 5.80. The second kappa shape index (κ2) is 8.57. The third kappa shape index (κ3) is 4.15. The summed E-state index contributed by atoms with van der Waals surface area (Å²) < 4.78 is 32.0. The number of aliphatic carboxylic acids is 1. The Balaban J connectivity index is 1.20. The Kier molecular flexibility index (Phi) is 5.82. The zero-order valence-electron chi connectivity index (χ0n) is 17.0. The highest BCUT2D eigenvalue weighted by atomic mass is 19.3. The molecule has 1 saturated carbocycles. The molecule has 2 aromatic rings. The minimum Gasteiger partial charge on any atom is -0.481 e. The van der Waals surface area contributed by atoms with Crippen LogP contribution in [0, 0.1) is 11.8 Å². The number of alkyl carbamates (subject to hydrolysis) is 1. The lowest BCUT2D eigenvalue weighted by Gasteiger charge is -2.14. The standard InChI is InChI=1S/C23H22F2N2O5/c24-23(25)18(20(23)21(29)30)11-27-19(28)9-10-26-22(31)32-12-17-15-7-3-1-5-13(15)14-6-2-4-8-16(14)17/h1-8,17-18,20H,9-12H2,(H,26,31)(H,27,28)(H,29,30)/t18-,20-/m0/s1. The molecule has 2 aromatic carbocycles. The second-order valence-electron chi connectivity index (χ2n) is 7.90. The van der Waals surface area contributed by atoms with Crippen LogP contribution in [0.4, 0.5) is 13.6 Å². The van der Waals surface area contributed by atoms with Gasteiger partial charge >= 0.3 is 12.1 Å². The van der Waals surface area contributed by atoms with Crippen molar-refractivity contribution in [1.82, 2.24) is 10.6 Å². The monoisotopic (exact) mass is 444 g/mol. The van der Waals surface area contributed by atoms with Gasteiger partial charge in [-0.3, -0.25) is 9.59 Å². The smallest absolute Gasteiger partial charge is 0.407 e. The molecule has 0 radical (unpaired) electrons. The third-order valence-electron chi connectivity index (χ3n) is 5.95. The van der Waals surface area contributed by atoms with Crippen LogP contribution in [0.25, 0.3) is 11.1 Å². The van der Waals surface area contributed by atoms with Crippen LogP contribution in [0.2, 0.25) is 0 Å². The Labute approximate surface area is 182 Å². The van der Waals surface area contributed by atoms with Gasteiger partial charge in [0.25, 0.3) is 5.92 Å². The first-order valence-corrected chi connectivity index (χ1v) is 10.3. The number of ether oxygens (including phenoxy) is 1. The topological polar surface area (TPSA) is 105 Å². The normalized spacial score (nSPS) is 20.1. The molecule has 7 nitrogen and oxygen atoms in total. The molecule has 3 N–H and O–H groups in total. The maximum Gasteiger partial charge on any atom is 0.407 e. The van der Waals surface area contributed by atoms with Crippen molar-refractivity contribution in [2.75, 3.05) is 19.7 Å². The van der Waals surface area contributed by atoms with Crippen molar-refractivity contribution in [3.8, 4) is 11.1 Å². The molecule has 4 rings (SSSR count). The summed E-state index contributed by atoms with van der Waals surface area (Å²) in [6.45, 7) is -0.320. The number of hydrogen-bond donors (Lipinski definition) is 3. The molecule has 0 heterocycles. The third-order valence-corrected chi connectivity index (χ3v) is 5.95.